The number of carbonyl (C=O) groups is 2. The Balaban J connectivity index is 1.76. The summed E-state index contributed by atoms with van der Waals surface area (Å²) in [5.41, 5.74) is 2.19. The van der Waals surface area contributed by atoms with Crippen LogP contribution in [0, 0.1) is 18.8 Å². The minimum Gasteiger partial charge on any atom is -0.481 e. The third kappa shape index (κ3) is 2.88. The highest BCUT2D eigenvalue weighted by Gasteiger charge is 2.53. The number of carbonyl (C=O) groups excluding carboxylic acids is 1. The van der Waals surface area contributed by atoms with Crippen molar-refractivity contribution in [1.29, 1.82) is 0 Å². The lowest BCUT2D eigenvalue weighted by atomic mass is 9.82. The third-order valence-corrected chi connectivity index (χ3v) is 4.69. The van der Waals surface area contributed by atoms with Crippen molar-refractivity contribution in [2.75, 3.05) is 0 Å². The van der Waals surface area contributed by atoms with Crippen LogP contribution >= 0.6 is 0 Å². The van der Waals surface area contributed by atoms with Crippen LogP contribution in [0.3, 0.4) is 0 Å². The molecular formula is C18H21NO4. The van der Waals surface area contributed by atoms with Gasteiger partial charge in [-0.2, -0.15) is 0 Å². The van der Waals surface area contributed by atoms with E-state index in [-0.39, 0.29) is 11.9 Å². The minimum atomic E-state index is -0.981. The highest BCUT2D eigenvalue weighted by Crippen LogP contribution is 2.39. The molecule has 0 unspecified atom stereocenters. The Bertz CT molecular complexity index is 637. The van der Waals surface area contributed by atoms with Crippen LogP contribution in [0.2, 0.25) is 0 Å². The molecule has 1 amide bonds. The van der Waals surface area contributed by atoms with E-state index in [1.807, 2.05) is 38.1 Å². The molecule has 0 aromatic heterocycles. The standard InChI is InChI=1S/C18H21NO4/c1-3-12(11-6-4-10(2)5-7-11)19-17(20)15-13-8-9-14(23-13)16(15)18(21)22/h4-9,12-16H,3H2,1-2H3,(H,19,20)(H,21,22)/t12-,13-,14+,15+,16-/m0/s1. The summed E-state index contributed by atoms with van der Waals surface area (Å²) in [6.07, 6.45) is 3.35. The van der Waals surface area contributed by atoms with Gasteiger partial charge in [-0.1, -0.05) is 48.9 Å². The molecule has 5 heteroatoms. The highest BCUT2D eigenvalue weighted by atomic mass is 16.5. The molecule has 0 radical (unpaired) electrons. The zero-order valence-corrected chi connectivity index (χ0v) is 13.2. The number of benzene rings is 1. The van der Waals surface area contributed by atoms with E-state index in [1.165, 1.54) is 0 Å². The van der Waals surface area contributed by atoms with Gasteiger partial charge in [0.15, 0.2) is 0 Å². The maximum Gasteiger partial charge on any atom is 0.310 e. The number of amides is 1. The number of nitrogens with one attached hydrogen (secondary N) is 1. The average Bonchev–Trinajstić information content (AvgIpc) is 3.14. The molecular weight excluding hydrogens is 294 g/mol. The summed E-state index contributed by atoms with van der Waals surface area (Å²) in [7, 11) is 0. The summed E-state index contributed by atoms with van der Waals surface area (Å²) in [6, 6.07) is 7.88. The molecule has 5 nitrogen and oxygen atoms in total. The van der Waals surface area contributed by atoms with Crippen molar-refractivity contribution in [2.24, 2.45) is 11.8 Å². The number of aliphatic carboxylic acids is 1. The van der Waals surface area contributed by atoms with Gasteiger partial charge in [0, 0.05) is 0 Å². The van der Waals surface area contributed by atoms with E-state index in [0.29, 0.717) is 0 Å². The van der Waals surface area contributed by atoms with E-state index in [2.05, 4.69) is 5.32 Å². The van der Waals surface area contributed by atoms with Gasteiger partial charge in [0.1, 0.15) is 5.92 Å². The number of hydrogen-bond donors (Lipinski definition) is 2. The fourth-order valence-electron chi connectivity index (χ4n) is 3.40. The lowest BCUT2D eigenvalue weighted by Crippen LogP contribution is -2.43. The Labute approximate surface area is 135 Å². The van der Waals surface area contributed by atoms with Crippen molar-refractivity contribution < 1.29 is 19.4 Å². The summed E-state index contributed by atoms with van der Waals surface area (Å²) in [6.45, 7) is 4.01. The number of fused-ring (bicyclic) bond motifs is 2. The molecule has 2 aliphatic heterocycles. The van der Waals surface area contributed by atoms with E-state index >= 15 is 0 Å². The van der Waals surface area contributed by atoms with Crippen LogP contribution in [0.25, 0.3) is 0 Å². The van der Waals surface area contributed by atoms with Gasteiger partial charge < -0.3 is 15.2 Å². The number of hydrogen-bond acceptors (Lipinski definition) is 3. The predicted molar refractivity (Wildman–Crippen MR) is 84.8 cm³/mol. The van der Waals surface area contributed by atoms with E-state index in [0.717, 1.165) is 17.5 Å². The van der Waals surface area contributed by atoms with E-state index in [4.69, 9.17) is 4.74 Å². The maximum atomic E-state index is 12.7. The fourth-order valence-corrected chi connectivity index (χ4v) is 3.40. The van der Waals surface area contributed by atoms with Crippen LogP contribution in [0.4, 0.5) is 0 Å². The SMILES string of the molecule is CC[C@H](NC(=O)[C@H]1[C@@H](C(=O)O)[C@H]2C=C[C@@H]1O2)c1ccc(C)cc1. The van der Waals surface area contributed by atoms with Crippen molar-refractivity contribution in [3.05, 3.63) is 47.5 Å². The molecule has 1 saturated heterocycles. The van der Waals surface area contributed by atoms with E-state index in [9.17, 15) is 14.7 Å². The molecule has 2 aliphatic rings. The fraction of sp³-hybridized carbons (Fsp3) is 0.444. The van der Waals surface area contributed by atoms with Crippen LogP contribution < -0.4 is 5.32 Å². The van der Waals surface area contributed by atoms with Crippen LogP contribution in [-0.4, -0.2) is 29.2 Å². The topological polar surface area (TPSA) is 75.6 Å². The molecule has 3 rings (SSSR count). The lowest BCUT2D eigenvalue weighted by molar-refractivity contribution is -0.146. The predicted octanol–water partition coefficient (Wildman–Crippen LogP) is 2.22. The first-order valence-electron chi connectivity index (χ1n) is 7.94. The Hall–Kier alpha value is -2.14. The van der Waals surface area contributed by atoms with Gasteiger partial charge in [-0.05, 0) is 18.9 Å². The van der Waals surface area contributed by atoms with Gasteiger partial charge in [-0.3, -0.25) is 9.59 Å². The van der Waals surface area contributed by atoms with Crippen molar-refractivity contribution in [2.45, 2.75) is 38.5 Å². The number of rotatable bonds is 5. The maximum absolute atomic E-state index is 12.7. The normalized spacial score (nSPS) is 29.5. The van der Waals surface area contributed by atoms with Crippen LogP contribution in [0.15, 0.2) is 36.4 Å². The Kier molecular flexibility index (Phi) is 4.22. The largest absolute Gasteiger partial charge is 0.481 e. The average molecular weight is 315 g/mol. The zero-order chi connectivity index (χ0) is 16.6. The van der Waals surface area contributed by atoms with Gasteiger partial charge >= 0.3 is 5.97 Å². The Morgan fingerprint density at radius 2 is 1.78 bits per heavy atom. The van der Waals surface area contributed by atoms with E-state index < -0.39 is 30.0 Å². The Morgan fingerprint density at radius 3 is 2.35 bits per heavy atom. The number of ether oxygens (including phenoxy) is 1. The van der Waals surface area contributed by atoms with Gasteiger partial charge in [-0.15, -0.1) is 0 Å². The van der Waals surface area contributed by atoms with Crippen LogP contribution in [0.5, 0.6) is 0 Å². The number of aryl methyl sites for hydroxylation is 1. The van der Waals surface area contributed by atoms with Gasteiger partial charge in [0.25, 0.3) is 0 Å². The minimum absolute atomic E-state index is 0.124. The molecule has 2 heterocycles. The number of carboxylic acid groups (broad SMARTS) is 1. The quantitative estimate of drug-likeness (QED) is 0.817. The number of carboxylic acids is 1. The first kappa shape index (κ1) is 15.7. The first-order valence-corrected chi connectivity index (χ1v) is 7.94. The van der Waals surface area contributed by atoms with Crippen LogP contribution in [0.1, 0.15) is 30.5 Å². The van der Waals surface area contributed by atoms with Crippen molar-refractivity contribution in [3.63, 3.8) is 0 Å². The second-order valence-corrected chi connectivity index (χ2v) is 6.22. The second-order valence-electron chi connectivity index (χ2n) is 6.22. The smallest absolute Gasteiger partial charge is 0.310 e. The molecule has 2 N–H and O–H groups in total. The highest BCUT2D eigenvalue weighted by molar-refractivity contribution is 5.87. The summed E-state index contributed by atoms with van der Waals surface area (Å²) in [5, 5.41) is 12.4. The van der Waals surface area contributed by atoms with Crippen molar-refractivity contribution in [3.8, 4) is 0 Å². The summed E-state index contributed by atoms with van der Waals surface area (Å²) >= 11 is 0. The molecule has 0 aliphatic carbocycles. The molecule has 1 aromatic rings. The molecule has 0 spiro atoms. The van der Waals surface area contributed by atoms with Crippen LogP contribution in [-0.2, 0) is 14.3 Å². The molecule has 2 bridgehead atoms. The van der Waals surface area contributed by atoms with E-state index in [1.54, 1.807) is 12.2 Å². The third-order valence-electron chi connectivity index (χ3n) is 4.69. The second kappa shape index (κ2) is 6.16. The summed E-state index contributed by atoms with van der Waals surface area (Å²) < 4.78 is 5.56. The zero-order valence-electron chi connectivity index (χ0n) is 13.2. The molecule has 0 saturated carbocycles. The van der Waals surface area contributed by atoms with Crippen molar-refractivity contribution in [1.82, 2.24) is 5.32 Å². The molecule has 1 aromatic carbocycles. The Morgan fingerprint density at radius 1 is 1.17 bits per heavy atom. The monoisotopic (exact) mass is 315 g/mol. The molecule has 23 heavy (non-hydrogen) atoms. The first-order chi connectivity index (χ1) is 11.0. The van der Waals surface area contributed by atoms with Gasteiger partial charge in [-0.25, -0.2) is 0 Å². The molecule has 122 valence electrons. The van der Waals surface area contributed by atoms with Gasteiger partial charge in [0.2, 0.25) is 5.91 Å². The lowest BCUT2D eigenvalue weighted by Gasteiger charge is -2.25. The van der Waals surface area contributed by atoms with Crippen molar-refractivity contribution >= 4 is 11.9 Å². The van der Waals surface area contributed by atoms with Gasteiger partial charge in [0.05, 0.1) is 24.2 Å². The molecule has 1 fully saturated rings. The molecule has 5 atom stereocenters. The summed E-state index contributed by atoms with van der Waals surface area (Å²) in [5.74, 6) is -2.70. The summed E-state index contributed by atoms with van der Waals surface area (Å²) in [4.78, 5) is 24.1.